The van der Waals surface area contributed by atoms with Gasteiger partial charge in [0.05, 0.1) is 16.6 Å². The van der Waals surface area contributed by atoms with E-state index in [1.54, 1.807) is 30.3 Å². The van der Waals surface area contributed by atoms with Crippen LogP contribution in [0.4, 0.5) is 10.1 Å². The first-order valence-corrected chi connectivity index (χ1v) is 9.54. The Kier molecular flexibility index (Phi) is 3.62. The minimum absolute atomic E-state index is 0.113. The number of halogens is 1. The summed E-state index contributed by atoms with van der Waals surface area (Å²) in [5, 5.41) is 3.27. The van der Waals surface area contributed by atoms with Gasteiger partial charge in [0, 0.05) is 12.5 Å². The van der Waals surface area contributed by atoms with Gasteiger partial charge in [0.1, 0.15) is 5.82 Å². The van der Waals surface area contributed by atoms with E-state index in [1.165, 1.54) is 16.4 Å². The Bertz CT molecular complexity index is 880. The maximum atomic E-state index is 13.8. The molecule has 1 saturated heterocycles. The van der Waals surface area contributed by atoms with Gasteiger partial charge in [0.25, 0.3) is 10.0 Å². The number of hydrogen-bond acceptors (Lipinski definition) is 3. The smallest absolute Gasteiger partial charge is 0.264 e. The Labute approximate surface area is 141 Å². The van der Waals surface area contributed by atoms with E-state index < -0.39 is 15.8 Å². The molecular weight excluding hydrogens is 327 g/mol. The second-order valence-corrected chi connectivity index (χ2v) is 8.30. The van der Waals surface area contributed by atoms with Crippen LogP contribution in [0.5, 0.6) is 0 Å². The van der Waals surface area contributed by atoms with Gasteiger partial charge in [0.2, 0.25) is 0 Å². The number of benzene rings is 2. The van der Waals surface area contributed by atoms with Crippen LogP contribution in [0.2, 0.25) is 0 Å². The van der Waals surface area contributed by atoms with Crippen molar-refractivity contribution in [1.29, 1.82) is 0 Å². The molecule has 0 amide bonds. The van der Waals surface area contributed by atoms with Crippen molar-refractivity contribution in [2.45, 2.75) is 30.2 Å². The Hall–Kier alpha value is -1.92. The average molecular weight is 346 g/mol. The lowest BCUT2D eigenvalue weighted by Gasteiger charge is -2.33. The minimum Gasteiger partial charge on any atom is -0.315 e. The van der Waals surface area contributed by atoms with E-state index in [9.17, 15) is 12.8 Å². The van der Waals surface area contributed by atoms with E-state index in [2.05, 4.69) is 5.32 Å². The van der Waals surface area contributed by atoms with Gasteiger partial charge in [-0.2, -0.15) is 0 Å². The first kappa shape index (κ1) is 15.6. The molecule has 2 unspecified atom stereocenters. The third-order valence-corrected chi connectivity index (χ3v) is 6.81. The highest BCUT2D eigenvalue weighted by atomic mass is 32.2. The molecule has 4 rings (SSSR count). The predicted octanol–water partition coefficient (Wildman–Crippen LogP) is 2.79. The lowest BCUT2D eigenvalue weighted by atomic mass is 9.89. The van der Waals surface area contributed by atoms with Gasteiger partial charge in [-0.05, 0) is 49.7 Å². The van der Waals surface area contributed by atoms with E-state index >= 15 is 0 Å². The summed E-state index contributed by atoms with van der Waals surface area (Å²) in [5.74, 6) is -0.300. The standard InChI is InChI=1S/C18H19FN2O2S/c1-12-2-5-14(6-3-12)24(22,23)21-17-10-13(19)4-7-15(17)16-8-9-20-11-18(16)21/h2-7,10,16,18,20H,8-9,11H2,1H3. The lowest BCUT2D eigenvalue weighted by Crippen LogP contribution is -2.48. The highest BCUT2D eigenvalue weighted by molar-refractivity contribution is 7.92. The Morgan fingerprint density at radius 3 is 2.67 bits per heavy atom. The SMILES string of the molecule is Cc1ccc(S(=O)(=O)N2c3cc(F)ccc3C3CCNCC32)cc1. The average Bonchev–Trinajstić information content (AvgIpc) is 2.89. The van der Waals surface area contributed by atoms with Crippen LogP contribution in [0.15, 0.2) is 47.4 Å². The molecule has 2 heterocycles. The molecule has 0 saturated carbocycles. The van der Waals surface area contributed by atoms with Crippen LogP contribution in [0, 0.1) is 12.7 Å². The maximum Gasteiger partial charge on any atom is 0.264 e. The van der Waals surface area contributed by atoms with E-state index in [1.807, 2.05) is 6.92 Å². The molecule has 24 heavy (non-hydrogen) atoms. The Morgan fingerprint density at radius 1 is 1.17 bits per heavy atom. The highest BCUT2D eigenvalue weighted by Gasteiger charge is 2.45. The van der Waals surface area contributed by atoms with Gasteiger partial charge in [0.15, 0.2) is 0 Å². The molecule has 2 aromatic rings. The van der Waals surface area contributed by atoms with Crippen LogP contribution >= 0.6 is 0 Å². The first-order chi connectivity index (χ1) is 11.5. The molecule has 0 radical (unpaired) electrons. The number of aryl methyl sites for hydroxylation is 1. The number of fused-ring (bicyclic) bond motifs is 3. The fourth-order valence-corrected chi connectivity index (χ4v) is 5.48. The molecule has 0 spiro atoms. The van der Waals surface area contributed by atoms with Gasteiger partial charge >= 0.3 is 0 Å². The largest absolute Gasteiger partial charge is 0.315 e. The zero-order valence-corrected chi connectivity index (χ0v) is 14.2. The van der Waals surface area contributed by atoms with Gasteiger partial charge in [-0.25, -0.2) is 12.8 Å². The van der Waals surface area contributed by atoms with Crippen LogP contribution in [0.25, 0.3) is 0 Å². The van der Waals surface area contributed by atoms with E-state index in [4.69, 9.17) is 0 Å². The summed E-state index contributed by atoms with van der Waals surface area (Å²) in [7, 11) is -3.73. The van der Waals surface area contributed by atoms with Crippen molar-refractivity contribution in [2.75, 3.05) is 17.4 Å². The summed E-state index contributed by atoms with van der Waals surface area (Å²) in [5.41, 5.74) is 2.41. The quantitative estimate of drug-likeness (QED) is 0.910. The van der Waals surface area contributed by atoms with Crippen molar-refractivity contribution < 1.29 is 12.8 Å². The Morgan fingerprint density at radius 2 is 1.92 bits per heavy atom. The van der Waals surface area contributed by atoms with Crippen LogP contribution < -0.4 is 9.62 Å². The monoisotopic (exact) mass is 346 g/mol. The lowest BCUT2D eigenvalue weighted by molar-refractivity contribution is 0.421. The summed E-state index contributed by atoms with van der Waals surface area (Å²) in [6.45, 7) is 3.33. The number of sulfonamides is 1. The van der Waals surface area contributed by atoms with Crippen molar-refractivity contribution in [3.8, 4) is 0 Å². The minimum atomic E-state index is -3.73. The third kappa shape index (κ3) is 2.32. The molecule has 2 aliphatic rings. The molecule has 1 N–H and O–H groups in total. The molecule has 6 heteroatoms. The molecular formula is C18H19FN2O2S. The highest BCUT2D eigenvalue weighted by Crippen LogP contribution is 2.46. The Balaban J connectivity index is 1.87. The van der Waals surface area contributed by atoms with E-state index in [0.717, 1.165) is 24.1 Å². The van der Waals surface area contributed by atoms with Crippen LogP contribution in [-0.4, -0.2) is 27.5 Å². The predicted molar refractivity (Wildman–Crippen MR) is 91.3 cm³/mol. The number of anilines is 1. The number of piperidine rings is 1. The van der Waals surface area contributed by atoms with E-state index in [0.29, 0.717) is 12.2 Å². The number of nitrogens with zero attached hydrogens (tertiary/aromatic N) is 1. The first-order valence-electron chi connectivity index (χ1n) is 8.10. The molecule has 2 atom stereocenters. The number of rotatable bonds is 2. The normalized spacial score (nSPS) is 23.0. The summed E-state index contributed by atoms with van der Waals surface area (Å²) in [4.78, 5) is 0.245. The molecule has 2 aromatic carbocycles. The zero-order valence-electron chi connectivity index (χ0n) is 13.4. The van der Waals surface area contributed by atoms with Crippen molar-refractivity contribution in [1.82, 2.24) is 5.32 Å². The van der Waals surface area contributed by atoms with Crippen LogP contribution in [-0.2, 0) is 10.0 Å². The zero-order chi connectivity index (χ0) is 16.9. The fraction of sp³-hybridized carbons (Fsp3) is 0.333. The summed E-state index contributed by atoms with van der Waals surface area (Å²) in [6, 6.07) is 11.1. The maximum absolute atomic E-state index is 13.8. The van der Waals surface area contributed by atoms with Crippen LogP contribution in [0.1, 0.15) is 23.5 Å². The molecule has 4 nitrogen and oxygen atoms in total. The summed E-state index contributed by atoms with van der Waals surface area (Å²) < 4.78 is 41.7. The molecule has 0 aromatic heterocycles. The summed E-state index contributed by atoms with van der Waals surface area (Å²) >= 11 is 0. The number of nitrogens with one attached hydrogen (secondary N) is 1. The van der Waals surface area contributed by atoms with Crippen molar-refractivity contribution in [3.05, 3.63) is 59.4 Å². The fourth-order valence-electron chi connectivity index (χ4n) is 3.78. The third-order valence-electron chi connectivity index (χ3n) is 4.96. The van der Waals surface area contributed by atoms with Gasteiger partial charge in [-0.1, -0.05) is 23.8 Å². The molecule has 0 aliphatic carbocycles. The van der Waals surface area contributed by atoms with Crippen molar-refractivity contribution >= 4 is 15.7 Å². The van der Waals surface area contributed by atoms with Crippen molar-refractivity contribution in [2.24, 2.45) is 0 Å². The van der Waals surface area contributed by atoms with E-state index in [-0.39, 0.29) is 16.9 Å². The second kappa shape index (κ2) is 5.57. The molecule has 126 valence electrons. The molecule has 1 fully saturated rings. The van der Waals surface area contributed by atoms with Gasteiger partial charge in [-0.3, -0.25) is 4.31 Å². The van der Waals surface area contributed by atoms with Crippen molar-refractivity contribution in [3.63, 3.8) is 0 Å². The van der Waals surface area contributed by atoms with Crippen LogP contribution in [0.3, 0.4) is 0 Å². The van der Waals surface area contributed by atoms with Gasteiger partial charge < -0.3 is 5.32 Å². The second-order valence-electron chi connectivity index (χ2n) is 6.48. The summed E-state index contributed by atoms with van der Waals surface area (Å²) in [6.07, 6.45) is 0.850. The van der Waals surface area contributed by atoms with Gasteiger partial charge in [-0.15, -0.1) is 0 Å². The molecule has 2 aliphatic heterocycles. The number of hydrogen-bond donors (Lipinski definition) is 1. The topological polar surface area (TPSA) is 49.4 Å². The molecule has 0 bridgehead atoms.